The summed E-state index contributed by atoms with van der Waals surface area (Å²) in [7, 11) is 0. The van der Waals surface area contributed by atoms with Gasteiger partial charge in [0.25, 0.3) is 0 Å². The normalized spacial score (nSPS) is 19.3. The predicted octanol–water partition coefficient (Wildman–Crippen LogP) is 4.47. The summed E-state index contributed by atoms with van der Waals surface area (Å²) in [6, 6.07) is 4.43. The maximum atomic E-state index is 12.7. The first-order chi connectivity index (χ1) is 16.0. The van der Waals surface area contributed by atoms with Crippen LogP contribution in [0.4, 0.5) is 5.82 Å². The van der Waals surface area contributed by atoms with E-state index in [1.54, 1.807) is 0 Å². The van der Waals surface area contributed by atoms with E-state index < -0.39 is 0 Å². The number of imidazole rings is 1. The SMILES string of the molecule is CCCN1C(=O)CCc2c(C)nc([C@H]3CCCCN3Cc3c(C)nc4cc(C)ccn34)nc21. The van der Waals surface area contributed by atoms with Crippen molar-refractivity contribution in [1.82, 2.24) is 24.3 Å². The zero-order chi connectivity index (χ0) is 23.1. The van der Waals surface area contributed by atoms with Crippen LogP contribution in [0.15, 0.2) is 18.3 Å². The number of hydrogen-bond donors (Lipinski definition) is 0. The van der Waals surface area contributed by atoms with Gasteiger partial charge >= 0.3 is 0 Å². The van der Waals surface area contributed by atoms with E-state index in [9.17, 15) is 4.79 Å². The van der Waals surface area contributed by atoms with Gasteiger partial charge in [-0.1, -0.05) is 13.3 Å². The number of piperidine rings is 1. The van der Waals surface area contributed by atoms with Gasteiger partial charge in [-0.25, -0.2) is 15.0 Å². The molecule has 5 rings (SSSR count). The third-order valence-electron chi connectivity index (χ3n) is 7.15. The largest absolute Gasteiger partial charge is 0.302 e. The van der Waals surface area contributed by atoms with E-state index in [-0.39, 0.29) is 11.9 Å². The standard InChI is InChI=1S/C26H34N6O/c1-5-12-32-24(33)10-9-20-18(3)28-25(29-26(20)32)21-8-6-7-13-30(21)16-22-19(4)27-23-15-17(2)11-14-31(22)23/h11,14-15,21H,5-10,12-13,16H2,1-4H3/t21-/m1/s1. The maximum Gasteiger partial charge on any atom is 0.228 e. The van der Waals surface area contributed by atoms with Gasteiger partial charge in [0.15, 0.2) is 0 Å². The highest BCUT2D eigenvalue weighted by Crippen LogP contribution is 2.35. The van der Waals surface area contributed by atoms with E-state index >= 15 is 0 Å². The molecule has 0 unspecified atom stereocenters. The summed E-state index contributed by atoms with van der Waals surface area (Å²) >= 11 is 0. The van der Waals surface area contributed by atoms with Crippen LogP contribution in [-0.4, -0.2) is 43.2 Å². The topological polar surface area (TPSA) is 66.6 Å². The Kier molecular flexibility index (Phi) is 5.91. The molecular weight excluding hydrogens is 412 g/mol. The first-order valence-electron chi connectivity index (χ1n) is 12.3. The summed E-state index contributed by atoms with van der Waals surface area (Å²) in [4.78, 5) is 31.9. The Hall–Kier alpha value is -2.80. The molecule has 0 spiro atoms. The van der Waals surface area contributed by atoms with E-state index in [0.717, 1.165) is 73.1 Å². The second-order valence-corrected chi connectivity index (χ2v) is 9.57. The van der Waals surface area contributed by atoms with Gasteiger partial charge in [0, 0.05) is 37.0 Å². The molecule has 0 radical (unpaired) electrons. The number of pyridine rings is 1. The van der Waals surface area contributed by atoms with Crippen molar-refractivity contribution in [2.45, 2.75) is 78.8 Å². The number of aromatic nitrogens is 4. The van der Waals surface area contributed by atoms with Crippen molar-refractivity contribution < 1.29 is 4.79 Å². The third kappa shape index (κ3) is 4.03. The summed E-state index contributed by atoms with van der Waals surface area (Å²) in [6.45, 7) is 10.9. The number of carbonyl (C=O) groups excluding carboxylic acids is 1. The van der Waals surface area contributed by atoms with Gasteiger partial charge < -0.3 is 4.40 Å². The molecule has 1 atom stereocenters. The number of likely N-dealkylation sites (tertiary alicyclic amines) is 1. The third-order valence-corrected chi connectivity index (χ3v) is 7.15. The Morgan fingerprint density at radius 2 is 1.91 bits per heavy atom. The number of nitrogens with zero attached hydrogens (tertiary/aromatic N) is 6. The summed E-state index contributed by atoms with van der Waals surface area (Å²) in [5, 5.41) is 0. The van der Waals surface area contributed by atoms with E-state index in [0.29, 0.717) is 6.42 Å². The van der Waals surface area contributed by atoms with E-state index in [2.05, 4.69) is 55.3 Å². The molecule has 7 heteroatoms. The number of fused-ring (bicyclic) bond motifs is 2. The second kappa shape index (κ2) is 8.86. The molecule has 0 aromatic carbocycles. The van der Waals surface area contributed by atoms with Crippen LogP contribution >= 0.6 is 0 Å². The molecule has 174 valence electrons. The molecule has 1 fully saturated rings. The molecular formula is C26H34N6O. The lowest BCUT2D eigenvalue weighted by molar-refractivity contribution is -0.119. The second-order valence-electron chi connectivity index (χ2n) is 9.57. The average molecular weight is 447 g/mol. The molecule has 0 saturated carbocycles. The molecule has 7 nitrogen and oxygen atoms in total. The van der Waals surface area contributed by atoms with Crippen LogP contribution in [0.3, 0.4) is 0 Å². The van der Waals surface area contributed by atoms with Crippen molar-refractivity contribution >= 4 is 17.4 Å². The summed E-state index contributed by atoms with van der Waals surface area (Å²) in [6.07, 6.45) is 7.74. The van der Waals surface area contributed by atoms with Crippen LogP contribution in [0.1, 0.15) is 79.1 Å². The monoisotopic (exact) mass is 446 g/mol. The van der Waals surface area contributed by atoms with Gasteiger partial charge in [-0.2, -0.15) is 0 Å². The first kappa shape index (κ1) is 22.0. The fraction of sp³-hybridized carbons (Fsp3) is 0.538. The highest BCUT2D eigenvalue weighted by atomic mass is 16.2. The molecule has 1 amide bonds. The van der Waals surface area contributed by atoms with E-state index in [1.807, 2.05) is 4.90 Å². The highest BCUT2D eigenvalue weighted by Gasteiger charge is 2.32. The van der Waals surface area contributed by atoms with Crippen LogP contribution < -0.4 is 4.90 Å². The van der Waals surface area contributed by atoms with Gasteiger partial charge in [0.05, 0.1) is 17.4 Å². The van der Waals surface area contributed by atoms with Crippen LogP contribution in [0, 0.1) is 20.8 Å². The summed E-state index contributed by atoms with van der Waals surface area (Å²) in [5.74, 6) is 1.90. The number of aryl methyl sites for hydroxylation is 3. The quantitative estimate of drug-likeness (QED) is 0.579. The van der Waals surface area contributed by atoms with E-state index in [4.69, 9.17) is 15.0 Å². The average Bonchev–Trinajstić information content (AvgIpc) is 3.10. The van der Waals surface area contributed by atoms with E-state index in [1.165, 1.54) is 24.1 Å². The minimum Gasteiger partial charge on any atom is -0.302 e. The van der Waals surface area contributed by atoms with Crippen molar-refractivity contribution in [3.05, 3.63) is 52.4 Å². The molecule has 33 heavy (non-hydrogen) atoms. The highest BCUT2D eigenvalue weighted by molar-refractivity contribution is 5.95. The minimum absolute atomic E-state index is 0.152. The lowest BCUT2D eigenvalue weighted by Crippen LogP contribution is -2.39. The predicted molar refractivity (Wildman–Crippen MR) is 129 cm³/mol. The van der Waals surface area contributed by atoms with Crippen molar-refractivity contribution in [3.8, 4) is 0 Å². The lowest BCUT2D eigenvalue weighted by atomic mass is 9.99. The number of amides is 1. The zero-order valence-corrected chi connectivity index (χ0v) is 20.3. The Morgan fingerprint density at radius 1 is 1.06 bits per heavy atom. The lowest BCUT2D eigenvalue weighted by Gasteiger charge is -2.36. The summed E-state index contributed by atoms with van der Waals surface area (Å²) in [5.41, 5.74) is 6.70. The van der Waals surface area contributed by atoms with Crippen LogP contribution in [0.5, 0.6) is 0 Å². The molecule has 3 aromatic rings. The molecule has 0 bridgehead atoms. The number of hydrogen-bond acceptors (Lipinski definition) is 5. The molecule has 3 aromatic heterocycles. The molecule has 0 N–H and O–H groups in total. The van der Waals surface area contributed by atoms with Gasteiger partial charge in [0.1, 0.15) is 17.3 Å². The molecule has 1 saturated heterocycles. The van der Waals surface area contributed by atoms with Crippen molar-refractivity contribution in [3.63, 3.8) is 0 Å². The number of carbonyl (C=O) groups is 1. The fourth-order valence-corrected chi connectivity index (χ4v) is 5.38. The van der Waals surface area contributed by atoms with Crippen LogP contribution in [0.2, 0.25) is 0 Å². The number of anilines is 1. The maximum absolute atomic E-state index is 12.7. The Bertz CT molecular complexity index is 1200. The Labute approximate surface area is 195 Å². The fourth-order valence-electron chi connectivity index (χ4n) is 5.38. The van der Waals surface area contributed by atoms with Gasteiger partial charge in [-0.15, -0.1) is 0 Å². The number of rotatable bonds is 5. The molecule has 0 aliphatic carbocycles. The molecule has 2 aliphatic rings. The summed E-state index contributed by atoms with van der Waals surface area (Å²) < 4.78 is 2.22. The van der Waals surface area contributed by atoms with Crippen LogP contribution in [-0.2, 0) is 17.8 Å². The van der Waals surface area contributed by atoms with Crippen molar-refractivity contribution in [2.24, 2.45) is 0 Å². The molecule has 5 heterocycles. The van der Waals surface area contributed by atoms with Crippen LogP contribution in [0.25, 0.3) is 5.65 Å². The Balaban J connectivity index is 1.51. The van der Waals surface area contributed by atoms with Gasteiger partial charge in [-0.05, 0) is 70.7 Å². The first-order valence-corrected chi connectivity index (χ1v) is 12.3. The van der Waals surface area contributed by atoms with Crippen molar-refractivity contribution in [1.29, 1.82) is 0 Å². The van der Waals surface area contributed by atoms with Gasteiger partial charge in [-0.3, -0.25) is 14.6 Å². The van der Waals surface area contributed by atoms with Gasteiger partial charge in [0.2, 0.25) is 5.91 Å². The zero-order valence-electron chi connectivity index (χ0n) is 20.3. The minimum atomic E-state index is 0.152. The molecule has 2 aliphatic heterocycles. The van der Waals surface area contributed by atoms with Crippen molar-refractivity contribution in [2.75, 3.05) is 18.0 Å². The smallest absolute Gasteiger partial charge is 0.228 e. The Morgan fingerprint density at radius 3 is 2.73 bits per heavy atom.